The lowest BCUT2D eigenvalue weighted by Gasteiger charge is -2.33. The quantitative estimate of drug-likeness (QED) is 0.413. The van der Waals surface area contributed by atoms with Crippen LogP contribution in [0.25, 0.3) is 0 Å². The van der Waals surface area contributed by atoms with Crippen molar-refractivity contribution in [2.45, 2.75) is 19.3 Å². The number of aliphatic imine (C=N–C) groups is 1. The summed E-state index contributed by atoms with van der Waals surface area (Å²) in [6.45, 7) is 2.72. The van der Waals surface area contributed by atoms with Gasteiger partial charge >= 0.3 is 0 Å². The minimum atomic E-state index is -1.16. The maximum Gasteiger partial charge on any atom is 0.244 e. The molecule has 0 fully saturated rings. The number of nitrogens with two attached hydrogens (primary N) is 3. The highest BCUT2D eigenvalue weighted by Gasteiger charge is 2.31. The van der Waals surface area contributed by atoms with E-state index in [1.807, 2.05) is 6.92 Å². The van der Waals surface area contributed by atoms with Crippen molar-refractivity contribution < 1.29 is 0 Å². The highest BCUT2D eigenvalue weighted by Crippen LogP contribution is 2.25. The Hall–Kier alpha value is -1.93. The monoisotopic (exact) mass is 236 g/mol. The minimum absolute atomic E-state index is 0.235. The number of hydrogen-bond acceptors (Lipinski definition) is 8. The zero-order valence-corrected chi connectivity index (χ0v) is 9.57. The molecule has 1 atom stereocenters. The van der Waals surface area contributed by atoms with Crippen LogP contribution in [-0.2, 0) is 0 Å². The van der Waals surface area contributed by atoms with Gasteiger partial charge in [-0.3, -0.25) is 11.1 Å². The Morgan fingerprint density at radius 1 is 1.41 bits per heavy atom. The van der Waals surface area contributed by atoms with Crippen molar-refractivity contribution in [2.75, 3.05) is 17.6 Å². The summed E-state index contributed by atoms with van der Waals surface area (Å²) in [6.07, 6.45) is 2.25. The smallest absolute Gasteiger partial charge is 0.244 e. The average molecular weight is 236 g/mol. The van der Waals surface area contributed by atoms with Gasteiger partial charge in [-0.25, -0.2) is 15.0 Å². The summed E-state index contributed by atoms with van der Waals surface area (Å²) >= 11 is 0. The number of rotatable bonds is 3. The minimum Gasteiger partial charge on any atom is -0.382 e. The summed E-state index contributed by atoms with van der Waals surface area (Å²) in [5.41, 5.74) is 18.5. The molecule has 1 aromatic rings. The van der Waals surface area contributed by atoms with Crippen LogP contribution in [0, 0.1) is 0 Å². The molecule has 2 heterocycles. The predicted molar refractivity (Wildman–Crippen MR) is 66.0 cm³/mol. The van der Waals surface area contributed by atoms with Crippen LogP contribution in [0.4, 0.5) is 11.5 Å². The van der Waals surface area contributed by atoms with Crippen molar-refractivity contribution in [2.24, 2.45) is 16.5 Å². The first-order chi connectivity index (χ1) is 8.06. The van der Waals surface area contributed by atoms with Gasteiger partial charge in [-0.1, -0.05) is 6.92 Å². The third kappa shape index (κ3) is 2.12. The summed E-state index contributed by atoms with van der Waals surface area (Å²) in [5.74, 6) is -0.633. The van der Waals surface area contributed by atoms with Crippen LogP contribution in [0.3, 0.4) is 0 Å². The van der Waals surface area contributed by atoms with Crippen LogP contribution in [0.1, 0.15) is 19.0 Å². The number of nitrogen functional groups attached to an aromatic ring is 1. The van der Waals surface area contributed by atoms with E-state index in [2.05, 4.69) is 25.6 Å². The maximum atomic E-state index is 6.02. The summed E-state index contributed by atoms with van der Waals surface area (Å²) in [4.78, 5) is 12.0. The first-order valence-electron chi connectivity index (χ1n) is 5.34. The van der Waals surface area contributed by atoms with Gasteiger partial charge in [-0.15, -0.1) is 0 Å². The Morgan fingerprint density at radius 2 is 2.18 bits per heavy atom. The molecule has 0 aromatic carbocycles. The van der Waals surface area contributed by atoms with Crippen LogP contribution in [0.5, 0.6) is 0 Å². The normalized spacial score (nSPS) is 22.6. The lowest BCUT2D eigenvalue weighted by Crippen LogP contribution is -2.61. The third-order valence-corrected chi connectivity index (χ3v) is 2.38. The van der Waals surface area contributed by atoms with Crippen LogP contribution in [0.2, 0.25) is 0 Å². The van der Waals surface area contributed by atoms with Crippen LogP contribution >= 0.6 is 0 Å². The van der Waals surface area contributed by atoms with E-state index in [4.69, 9.17) is 17.2 Å². The second-order valence-corrected chi connectivity index (χ2v) is 3.80. The molecule has 8 heteroatoms. The topological polar surface area (TPSA) is 140 Å². The molecule has 0 bridgehead atoms. The standard InChI is InChI=1S/C9H16N8/c1-2-3-15-9(12)16-6-5(8(11)17-9)13-4-14-7(6)10/h4,15-16H,2-3,12H2,1H3,(H2,11,17)(H2,10,13,14). The SMILES string of the molecule is CCCNC1(N)N=C(N)c2ncnc(N)c2N1. The molecular formula is C9H16N8. The second-order valence-electron chi connectivity index (χ2n) is 3.80. The average Bonchev–Trinajstić information content (AvgIpc) is 2.28. The molecule has 1 aliphatic rings. The largest absolute Gasteiger partial charge is 0.382 e. The van der Waals surface area contributed by atoms with Crippen molar-refractivity contribution in [3.05, 3.63) is 12.0 Å². The Morgan fingerprint density at radius 3 is 2.88 bits per heavy atom. The van der Waals surface area contributed by atoms with Crippen molar-refractivity contribution in [3.63, 3.8) is 0 Å². The van der Waals surface area contributed by atoms with E-state index in [9.17, 15) is 0 Å². The number of fused-ring (bicyclic) bond motifs is 1. The first-order valence-corrected chi connectivity index (χ1v) is 5.34. The lowest BCUT2D eigenvalue weighted by atomic mass is 10.2. The molecule has 1 unspecified atom stereocenters. The first kappa shape index (κ1) is 11.6. The Balaban J connectivity index is 2.36. The van der Waals surface area contributed by atoms with Gasteiger partial charge in [0.15, 0.2) is 11.7 Å². The fourth-order valence-corrected chi connectivity index (χ4v) is 1.58. The fourth-order valence-electron chi connectivity index (χ4n) is 1.58. The Labute approximate surface area is 98.7 Å². The predicted octanol–water partition coefficient (Wildman–Crippen LogP) is -1.24. The van der Waals surface area contributed by atoms with Crippen molar-refractivity contribution in [1.29, 1.82) is 0 Å². The van der Waals surface area contributed by atoms with E-state index in [-0.39, 0.29) is 5.84 Å². The van der Waals surface area contributed by atoms with Gasteiger partial charge < -0.3 is 16.8 Å². The van der Waals surface area contributed by atoms with Crippen molar-refractivity contribution in [3.8, 4) is 0 Å². The van der Waals surface area contributed by atoms with Crippen molar-refractivity contribution in [1.82, 2.24) is 15.3 Å². The summed E-state index contributed by atoms with van der Waals surface area (Å²) < 4.78 is 0. The van der Waals surface area contributed by atoms with E-state index in [1.165, 1.54) is 6.33 Å². The lowest BCUT2D eigenvalue weighted by molar-refractivity contribution is 0.396. The molecule has 1 aliphatic heterocycles. The van der Waals surface area contributed by atoms with Crippen LogP contribution in [0.15, 0.2) is 11.3 Å². The number of nitrogens with zero attached hydrogens (tertiary/aromatic N) is 3. The Kier molecular flexibility index (Phi) is 2.82. The van der Waals surface area contributed by atoms with Crippen LogP contribution in [-0.4, -0.2) is 28.3 Å². The molecule has 2 rings (SSSR count). The van der Waals surface area contributed by atoms with E-state index >= 15 is 0 Å². The van der Waals surface area contributed by atoms with Gasteiger partial charge in [-0.05, 0) is 6.42 Å². The zero-order chi connectivity index (χ0) is 12.5. The van der Waals surface area contributed by atoms with Crippen molar-refractivity contribution >= 4 is 17.3 Å². The van der Waals surface area contributed by atoms with Gasteiger partial charge in [0, 0.05) is 6.54 Å². The fraction of sp³-hybridized carbons (Fsp3) is 0.444. The molecule has 8 nitrogen and oxygen atoms in total. The van der Waals surface area contributed by atoms with Gasteiger partial charge in [0.25, 0.3) is 0 Å². The molecule has 0 amide bonds. The highest BCUT2D eigenvalue weighted by molar-refractivity contribution is 6.04. The number of amidine groups is 1. The third-order valence-electron chi connectivity index (χ3n) is 2.38. The molecule has 0 spiro atoms. The molecule has 17 heavy (non-hydrogen) atoms. The zero-order valence-electron chi connectivity index (χ0n) is 9.57. The highest BCUT2D eigenvalue weighted by atomic mass is 15.4. The number of anilines is 2. The Bertz CT molecular complexity index is 456. The van der Waals surface area contributed by atoms with E-state index in [0.29, 0.717) is 23.7 Å². The second kappa shape index (κ2) is 4.15. The molecule has 1 aromatic heterocycles. The molecule has 0 saturated carbocycles. The van der Waals surface area contributed by atoms with Gasteiger partial charge in [0.1, 0.15) is 17.7 Å². The van der Waals surface area contributed by atoms with E-state index in [1.54, 1.807) is 0 Å². The number of aromatic nitrogens is 2. The maximum absolute atomic E-state index is 6.02. The molecular weight excluding hydrogens is 220 g/mol. The molecule has 0 aliphatic carbocycles. The summed E-state index contributed by atoms with van der Waals surface area (Å²) in [5, 5.41) is 5.99. The summed E-state index contributed by atoms with van der Waals surface area (Å²) in [6, 6.07) is 0. The van der Waals surface area contributed by atoms with Gasteiger partial charge in [0.2, 0.25) is 5.91 Å². The van der Waals surface area contributed by atoms with Gasteiger partial charge in [-0.2, -0.15) is 0 Å². The van der Waals surface area contributed by atoms with Crippen LogP contribution < -0.4 is 27.8 Å². The molecule has 8 N–H and O–H groups in total. The van der Waals surface area contributed by atoms with E-state index in [0.717, 1.165) is 6.42 Å². The number of nitrogens with one attached hydrogen (secondary N) is 2. The molecule has 92 valence electrons. The van der Waals surface area contributed by atoms with Gasteiger partial charge in [0.05, 0.1) is 0 Å². The van der Waals surface area contributed by atoms with E-state index < -0.39 is 5.91 Å². The molecule has 0 saturated heterocycles. The molecule has 0 radical (unpaired) electrons. The number of hydrogen-bond donors (Lipinski definition) is 5. The summed E-state index contributed by atoms with van der Waals surface area (Å²) in [7, 11) is 0.